The molecule has 1 aliphatic heterocycles. The van der Waals surface area contributed by atoms with E-state index in [0.29, 0.717) is 13.1 Å². The molecule has 1 aliphatic rings. The Hall–Kier alpha value is -1.17. The molecule has 0 aliphatic carbocycles. The Morgan fingerprint density at radius 1 is 1.47 bits per heavy atom. The van der Waals surface area contributed by atoms with Crippen LogP contribution in [-0.2, 0) is 14.3 Å². The minimum Gasteiger partial charge on any atom is -0.469 e. The van der Waals surface area contributed by atoms with E-state index in [1.54, 1.807) is 11.8 Å². The first-order valence-electron chi connectivity index (χ1n) is 5.54. The molecule has 1 saturated heterocycles. The molecule has 3 unspecified atom stereocenters. The summed E-state index contributed by atoms with van der Waals surface area (Å²) >= 11 is 4.80. The number of nitrogens with zero attached hydrogens (tertiary/aromatic N) is 1. The standard InChI is InChI=1S/C11H18N2O3S/c1-6-4-13(5-8(6)11(15)16-3)10(14)7(2)9(12)17/h6-8H,4-5H2,1-3H3,(H2,12,17). The Labute approximate surface area is 106 Å². The summed E-state index contributed by atoms with van der Waals surface area (Å²) in [5, 5.41) is 0. The maximum Gasteiger partial charge on any atom is 0.310 e. The van der Waals surface area contributed by atoms with Gasteiger partial charge in [0.05, 0.1) is 23.9 Å². The van der Waals surface area contributed by atoms with E-state index in [0.717, 1.165) is 0 Å². The van der Waals surface area contributed by atoms with E-state index in [2.05, 4.69) is 0 Å². The first-order chi connectivity index (χ1) is 7.88. The summed E-state index contributed by atoms with van der Waals surface area (Å²) < 4.78 is 4.71. The zero-order chi connectivity index (χ0) is 13.2. The van der Waals surface area contributed by atoms with Crippen LogP contribution >= 0.6 is 12.2 Å². The molecule has 1 heterocycles. The van der Waals surface area contributed by atoms with E-state index in [4.69, 9.17) is 22.7 Å². The number of nitrogens with two attached hydrogens (primary N) is 1. The van der Waals surface area contributed by atoms with Gasteiger partial charge in [0.1, 0.15) is 0 Å². The lowest BCUT2D eigenvalue weighted by molar-refractivity contribution is -0.146. The molecule has 1 amide bonds. The predicted molar refractivity (Wildman–Crippen MR) is 67.2 cm³/mol. The molecule has 0 bridgehead atoms. The first kappa shape index (κ1) is 13.9. The predicted octanol–water partition coefficient (Wildman–Crippen LogP) is 0.176. The molecule has 0 saturated carbocycles. The van der Waals surface area contributed by atoms with Gasteiger partial charge in [0.15, 0.2) is 0 Å². The number of carbonyl (C=O) groups is 2. The van der Waals surface area contributed by atoms with Crippen molar-refractivity contribution >= 4 is 29.1 Å². The molecule has 0 radical (unpaired) electrons. The molecule has 1 fully saturated rings. The Kier molecular flexibility index (Phi) is 4.45. The molecular weight excluding hydrogens is 240 g/mol. The van der Waals surface area contributed by atoms with Crippen molar-refractivity contribution in [1.29, 1.82) is 0 Å². The molecule has 0 aromatic rings. The number of carbonyl (C=O) groups excluding carboxylic acids is 2. The number of amides is 1. The van der Waals surface area contributed by atoms with Crippen LogP contribution in [0.4, 0.5) is 0 Å². The van der Waals surface area contributed by atoms with Gasteiger partial charge in [0.25, 0.3) is 0 Å². The third kappa shape index (κ3) is 2.94. The van der Waals surface area contributed by atoms with E-state index in [9.17, 15) is 9.59 Å². The minimum atomic E-state index is -0.478. The second-order valence-corrected chi connectivity index (χ2v) is 4.95. The molecule has 96 valence electrons. The molecular formula is C11H18N2O3S. The Morgan fingerprint density at radius 3 is 2.53 bits per heavy atom. The van der Waals surface area contributed by atoms with Gasteiger partial charge in [0, 0.05) is 13.1 Å². The fourth-order valence-electron chi connectivity index (χ4n) is 2.00. The summed E-state index contributed by atoms with van der Waals surface area (Å²) in [5.41, 5.74) is 5.45. The molecule has 3 atom stereocenters. The van der Waals surface area contributed by atoms with Gasteiger partial charge in [-0.05, 0) is 12.8 Å². The van der Waals surface area contributed by atoms with Crippen LogP contribution in [0.2, 0.25) is 0 Å². The molecule has 0 aromatic heterocycles. The van der Waals surface area contributed by atoms with Crippen LogP contribution in [0.5, 0.6) is 0 Å². The highest BCUT2D eigenvalue weighted by Crippen LogP contribution is 2.25. The van der Waals surface area contributed by atoms with Crippen LogP contribution in [0.1, 0.15) is 13.8 Å². The first-order valence-corrected chi connectivity index (χ1v) is 5.95. The number of methoxy groups -OCH3 is 1. The SMILES string of the molecule is COC(=O)C1CN(C(=O)C(C)C(N)=S)CC1C. The Morgan fingerprint density at radius 2 is 2.06 bits per heavy atom. The zero-order valence-electron chi connectivity index (χ0n) is 10.3. The molecule has 5 nitrogen and oxygen atoms in total. The number of ether oxygens (including phenoxy) is 1. The second-order valence-electron chi connectivity index (χ2n) is 4.47. The van der Waals surface area contributed by atoms with Crippen LogP contribution in [0.3, 0.4) is 0 Å². The van der Waals surface area contributed by atoms with E-state index >= 15 is 0 Å². The molecule has 6 heteroatoms. The minimum absolute atomic E-state index is 0.102. The van der Waals surface area contributed by atoms with Crippen LogP contribution in [0.15, 0.2) is 0 Å². The smallest absolute Gasteiger partial charge is 0.310 e. The van der Waals surface area contributed by atoms with Crippen LogP contribution in [0.25, 0.3) is 0 Å². The van der Waals surface area contributed by atoms with Crippen molar-refractivity contribution in [2.45, 2.75) is 13.8 Å². The third-order valence-electron chi connectivity index (χ3n) is 3.23. The van der Waals surface area contributed by atoms with Crippen molar-refractivity contribution in [3.8, 4) is 0 Å². The Balaban J connectivity index is 2.69. The maximum absolute atomic E-state index is 12.0. The van der Waals surface area contributed by atoms with Crippen LogP contribution < -0.4 is 5.73 Å². The number of thiocarbonyl (C=S) groups is 1. The van der Waals surface area contributed by atoms with E-state index in [-0.39, 0.29) is 28.7 Å². The maximum atomic E-state index is 12.0. The lowest BCUT2D eigenvalue weighted by Crippen LogP contribution is -2.39. The highest BCUT2D eigenvalue weighted by Gasteiger charge is 2.39. The van der Waals surface area contributed by atoms with Gasteiger partial charge in [-0.3, -0.25) is 9.59 Å². The largest absolute Gasteiger partial charge is 0.469 e. The lowest BCUT2D eigenvalue weighted by Gasteiger charge is -2.19. The van der Waals surface area contributed by atoms with Gasteiger partial charge in [-0.25, -0.2) is 0 Å². The molecule has 1 rings (SSSR count). The molecule has 0 spiro atoms. The third-order valence-corrected chi connectivity index (χ3v) is 3.58. The van der Waals surface area contributed by atoms with Gasteiger partial charge in [-0.1, -0.05) is 19.1 Å². The van der Waals surface area contributed by atoms with Crippen molar-refractivity contribution in [2.75, 3.05) is 20.2 Å². The van der Waals surface area contributed by atoms with Crippen molar-refractivity contribution in [2.24, 2.45) is 23.5 Å². The van der Waals surface area contributed by atoms with Crippen molar-refractivity contribution in [1.82, 2.24) is 4.90 Å². The molecule has 2 N–H and O–H groups in total. The van der Waals surface area contributed by atoms with Crippen molar-refractivity contribution in [3.05, 3.63) is 0 Å². The van der Waals surface area contributed by atoms with Crippen molar-refractivity contribution in [3.63, 3.8) is 0 Å². The van der Waals surface area contributed by atoms with Gasteiger partial charge in [0.2, 0.25) is 5.91 Å². The Bertz CT molecular complexity index is 346. The zero-order valence-corrected chi connectivity index (χ0v) is 11.1. The summed E-state index contributed by atoms with van der Waals surface area (Å²) in [5.74, 6) is -1.01. The van der Waals surface area contributed by atoms with Crippen LogP contribution in [-0.4, -0.2) is 42.0 Å². The lowest BCUT2D eigenvalue weighted by atomic mass is 9.99. The normalized spacial score (nSPS) is 25.5. The highest BCUT2D eigenvalue weighted by molar-refractivity contribution is 7.80. The summed E-state index contributed by atoms with van der Waals surface area (Å²) in [6.07, 6.45) is 0. The average Bonchev–Trinajstić information content (AvgIpc) is 2.68. The fraction of sp³-hybridized carbons (Fsp3) is 0.727. The van der Waals surface area contributed by atoms with Gasteiger partial charge in [-0.15, -0.1) is 0 Å². The second kappa shape index (κ2) is 5.44. The number of esters is 1. The van der Waals surface area contributed by atoms with Crippen LogP contribution in [0, 0.1) is 17.8 Å². The van der Waals surface area contributed by atoms with E-state index < -0.39 is 5.92 Å². The number of hydrogen-bond donors (Lipinski definition) is 1. The summed E-state index contributed by atoms with van der Waals surface area (Å²) in [6.45, 7) is 4.55. The molecule has 17 heavy (non-hydrogen) atoms. The quantitative estimate of drug-likeness (QED) is 0.577. The topological polar surface area (TPSA) is 72.6 Å². The van der Waals surface area contributed by atoms with E-state index in [1.165, 1.54) is 7.11 Å². The van der Waals surface area contributed by atoms with Gasteiger partial charge < -0.3 is 15.4 Å². The van der Waals surface area contributed by atoms with E-state index in [1.807, 2.05) is 6.92 Å². The summed E-state index contributed by atoms with van der Waals surface area (Å²) in [6, 6.07) is 0. The average molecular weight is 258 g/mol. The molecule has 0 aromatic carbocycles. The van der Waals surface area contributed by atoms with Gasteiger partial charge >= 0.3 is 5.97 Å². The summed E-state index contributed by atoms with van der Waals surface area (Å²) in [7, 11) is 1.36. The fourth-order valence-corrected chi connectivity index (χ4v) is 2.10. The number of rotatable bonds is 3. The number of likely N-dealkylation sites (tertiary alicyclic amines) is 1. The summed E-state index contributed by atoms with van der Waals surface area (Å²) in [4.78, 5) is 25.3. The van der Waals surface area contributed by atoms with Crippen molar-refractivity contribution < 1.29 is 14.3 Å². The monoisotopic (exact) mass is 258 g/mol. The number of hydrogen-bond acceptors (Lipinski definition) is 4. The van der Waals surface area contributed by atoms with Gasteiger partial charge in [-0.2, -0.15) is 0 Å². The highest BCUT2D eigenvalue weighted by atomic mass is 32.1.